The van der Waals surface area contributed by atoms with Gasteiger partial charge in [-0.3, -0.25) is 4.79 Å². The number of nitrogens with zero attached hydrogens (tertiary/aromatic N) is 2. The first kappa shape index (κ1) is 17.0. The molecule has 1 amide bonds. The van der Waals surface area contributed by atoms with E-state index in [4.69, 9.17) is 16.3 Å². The first-order valence-electron chi connectivity index (χ1n) is 7.93. The summed E-state index contributed by atoms with van der Waals surface area (Å²) < 4.78 is 7.12. The molecule has 3 aromatic rings. The molecule has 0 aliphatic carbocycles. The van der Waals surface area contributed by atoms with Gasteiger partial charge in [-0.2, -0.15) is 5.10 Å². The second kappa shape index (κ2) is 7.85. The van der Waals surface area contributed by atoms with Crippen LogP contribution in [-0.2, 0) is 0 Å². The van der Waals surface area contributed by atoms with Gasteiger partial charge in [0.2, 0.25) is 0 Å². The van der Waals surface area contributed by atoms with E-state index in [0.29, 0.717) is 29.6 Å². The minimum atomic E-state index is -0.263. The van der Waals surface area contributed by atoms with Crippen LogP contribution in [0.2, 0.25) is 5.15 Å². The third-order valence-electron chi connectivity index (χ3n) is 3.63. The number of aryl methyl sites for hydroxylation is 1. The highest BCUT2D eigenvalue weighted by Crippen LogP contribution is 2.23. The van der Waals surface area contributed by atoms with Crippen molar-refractivity contribution in [3.8, 4) is 11.4 Å². The molecule has 1 heterocycles. The number of amides is 1. The molecule has 0 aliphatic rings. The molecule has 0 saturated carbocycles. The standard InChI is InChI=1S/C19H18ClN3O2/c1-14-17(18(20)23(22-14)15-8-4-2-5-9-15)19(24)21-12-13-25-16-10-6-3-7-11-16/h2-11H,12-13H2,1H3,(H,21,24). The van der Waals surface area contributed by atoms with E-state index >= 15 is 0 Å². The maximum Gasteiger partial charge on any atom is 0.256 e. The lowest BCUT2D eigenvalue weighted by molar-refractivity contribution is 0.0946. The molecule has 3 rings (SSSR count). The second-order valence-electron chi connectivity index (χ2n) is 5.42. The molecule has 1 N–H and O–H groups in total. The molecule has 0 spiro atoms. The second-order valence-corrected chi connectivity index (χ2v) is 5.77. The average molecular weight is 356 g/mol. The zero-order valence-corrected chi connectivity index (χ0v) is 14.5. The summed E-state index contributed by atoms with van der Waals surface area (Å²) in [6, 6.07) is 18.9. The Morgan fingerprint density at radius 1 is 1.12 bits per heavy atom. The highest BCUT2D eigenvalue weighted by Gasteiger charge is 2.20. The van der Waals surface area contributed by atoms with Crippen LogP contribution >= 0.6 is 11.6 Å². The Morgan fingerprint density at radius 2 is 1.76 bits per heavy atom. The predicted octanol–water partition coefficient (Wildman–Crippen LogP) is 3.64. The highest BCUT2D eigenvalue weighted by atomic mass is 35.5. The lowest BCUT2D eigenvalue weighted by Gasteiger charge is -2.08. The molecule has 128 valence electrons. The van der Waals surface area contributed by atoms with Crippen molar-refractivity contribution in [3.05, 3.63) is 77.1 Å². The Morgan fingerprint density at radius 3 is 2.44 bits per heavy atom. The summed E-state index contributed by atoms with van der Waals surface area (Å²) in [6.45, 7) is 2.51. The van der Waals surface area contributed by atoms with E-state index in [1.807, 2.05) is 60.7 Å². The predicted molar refractivity (Wildman–Crippen MR) is 97.6 cm³/mol. The van der Waals surface area contributed by atoms with Crippen molar-refractivity contribution in [1.29, 1.82) is 0 Å². The summed E-state index contributed by atoms with van der Waals surface area (Å²) >= 11 is 6.38. The molecule has 0 fully saturated rings. The first-order valence-corrected chi connectivity index (χ1v) is 8.31. The summed E-state index contributed by atoms with van der Waals surface area (Å²) in [5.41, 5.74) is 1.77. The lowest BCUT2D eigenvalue weighted by Crippen LogP contribution is -2.28. The van der Waals surface area contributed by atoms with Crippen molar-refractivity contribution in [2.75, 3.05) is 13.2 Å². The zero-order valence-electron chi connectivity index (χ0n) is 13.8. The number of aromatic nitrogens is 2. The number of rotatable bonds is 6. The van der Waals surface area contributed by atoms with Gasteiger partial charge in [-0.1, -0.05) is 48.0 Å². The lowest BCUT2D eigenvalue weighted by atomic mass is 10.2. The van der Waals surface area contributed by atoms with Crippen molar-refractivity contribution >= 4 is 17.5 Å². The zero-order chi connectivity index (χ0) is 17.6. The molecular formula is C19H18ClN3O2. The number of ether oxygens (including phenoxy) is 1. The number of nitrogens with one attached hydrogen (secondary N) is 1. The van der Waals surface area contributed by atoms with E-state index in [0.717, 1.165) is 11.4 Å². The van der Waals surface area contributed by atoms with Crippen LogP contribution in [0.5, 0.6) is 5.75 Å². The van der Waals surface area contributed by atoms with Gasteiger partial charge in [-0.05, 0) is 31.2 Å². The monoisotopic (exact) mass is 355 g/mol. The fourth-order valence-electron chi connectivity index (χ4n) is 2.44. The van der Waals surface area contributed by atoms with Crippen molar-refractivity contribution in [2.45, 2.75) is 6.92 Å². The SMILES string of the molecule is Cc1nn(-c2ccccc2)c(Cl)c1C(=O)NCCOc1ccccc1. The van der Waals surface area contributed by atoms with Gasteiger partial charge in [0.1, 0.15) is 17.5 Å². The Bertz CT molecular complexity index is 848. The normalized spacial score (nSPS) is 10.5. The van der Waals surface area contributed by atoms with Crippen LogP contribution in [0.4, 0.5) is 0 Å². The van der Waals surface area contributed by atoms with Crippen LogP contribution in [0.1, 0.15) is 16.1 Å². The van der Waals surface area contributed by atoms with Gasteiger partial charge in [-0.25, -0.2) is 4.68 Å². The van der Waals surface area contributed by atoms with Gasteiger partial charge in [0.05, 0.1) is 23.5 Å². The van der Waals surface area contributed by atoms with Gasteiger partial charge in [0.15, 0.2) is 0 Å². The molecule has 25 heavy (non-hydrogen) atoms. The summed E-state index contributed by atoms with van der Waals surface area (Å²) in [6.07, 6.45) is 0. The van der Waals surface area contributed by atoms with E-state index in [1.54, 1.807) is 11.6 Å². The maximum atomic E-state index is 12.4. The van der Waals surface area contributed by atoms with Crippen molar-refractivity contribution in [3.63, 3.8) is 0 Å². The minimum Gasteiger partial charge on any atom is -0.492 e. The first-order chi connectivity index (χ1) is 12.2. The molecule has 5 nitrogen and oxygen atoms in total. The van der Waals surface area contributed by atoms with Gasteiger partial charge >= 0.3 is 0 Å². The molecule has 6 heteroatoms. The molecule has 2 aromatic carbocycles. The summed E-state index contributed by atoms with van der Waals surface area (Å²) in [7, 11) is 0. The molecule has 1 aromatic heterocycles. The maximum absolute atomic E-state index is 12.4. The Kier molecular flexibility index (Phi) is 5.36. The molecule has 0 radical (unpaired) electrons. The number of halogens is 1. The van der Waals surface area contributed by atoms with Gasteiger partial charge in [0.25, 0.3) is 5.91 Å². The van der Waals surface area contributed by atoms with Crippen LogP contribution in [0.15, 0.2) is 60.7 Å². The van der Waals surface area contributed by atoms with Crippen molar-refractivity contribution in [1.82, 2.24) is 15.1 Å². The topological polar surface area (TPSA) is 56.2 Å². The fraction of sp³-hybridized carbons (Fsp3) is 0.158. The number of carbonyl (C=O) groups excluding carboxylic acids is 1. The quantitative estimate of drug-likeness (QED) is 0.687. The average Bonchev–Trinajstić information content (AvgIpc) is 2.94. The van der Waals surface area contributed by atoms with Crippen molar-refractivity contribution in [2.24, 2.45) is 0 Å². The minimum absolute atomic E-state index is 0.263. The molecule has 0 atom stereocenters. The number of hydrogen-bond acceptors (Lipinski definition) is 3. The number of benzene rings is 2. The van der Waals surface area contributed by atoms with E-state index in [1.165, 1.54) is 0 Å². The van der Waals surface area contributed by atoms with Gasteiger partial charge in [0, 0.05) is 0 Å². The van der Waals surface area contributed by atoms with E-state index < -0.39 is 0 Å². The highest BCUT2D eigenvalue weighted by molar-refractivity contribution is 6.33. The van der Waals surface area contributed by atoms with Crippen LogP contribution in [-0.4, -0.2) is 28.8 Å². The number of carbonyl (C=O) groups is 1. The third-order valence-corrected chi connectivity index (χ3v) is 3.98. The van der Waals surface area contributed by atoms with Gasteiger partial charge in [-0.15, -0.1) is 0 Å². The van der Waals surface area contributed by atoms with E-state index in [9.17, 15) is 4.79 Å². The van der Waals surface area contributed by atoms with Crippen molar-refractivity contribution < 1.29 is 9.53 Å². The Labute approximate surface area is 151 Å². The Balaban J connectivity index is 1.63. The third kappa shape index (κ3) is 4.00. The van der Waals surface area contributed by atoms with Crippen LogP contribution in [0.3, 0.4) is 0 Å². The van der Waals surface area contributed by atoms with E-state index in [-0.39, 0.29) is 5.91 Å². The summed E-state index contributed by atoms with van der Waals surface area (Å²) in [4.78, 5) is 12.4. The molecule has 0 aliphatic heterocycles. The van der Waals surface area contributed by atoms with Crippen LogP contribution in [0.25, 0.3) is 5.69 Å². The number of hydrogen-bond donors (Lipinski definition) is 1. The largest absolute Gasteiger partial charge is 0.492 e. The van der Waals surface area contributed by atoms with E-state index in [2.05, 4.69) is 10.4 Å². The summed E-state index contributed by atoms with van der Waals surface area (Å²) in [5, 5.41) is 7.48. The van der Waals surface area contributed by atoms with Gasteiger partial charge < -0.3 is 10.1 Å². The molecule has 0 saturated heterocycles. The van der Waals surface area contributed by atoms with Crippen LogP contribution in [0, 0.1) is 6.92 Å². The summed E-state index contributed by atoms with van der Waals surface area (Å²) in [5.74, 6) is 0.504. The van der Waals surface area contributed by atoms with Crippen LogP contribution < -0.4 is 10.1 Å². The smallest absolute Gasteiger partial charge is 0.256 e. The Hall–Kier alpha value is -2.79. The molecular weight excluding hydrogens is 338 g/mol. The molecule has 0 unspecified atom stereocenters. The fourth-order valence-corrected chi connectivity index (χ4v) is 2.79. The molecule has 0 bridgehead atoms. The number of para-hydroxylation sites is 2.